The van der Waals surface area contributed by atoms with E-state index >= 15 is 0 Å². The molecule has 0 nitrogen and oxygen atoms in total. The zero-order chi connectivity index (χ0) is 27.2. The SMILES string of the molecule is FC(F)(F)c1ccc(C=Cc2ccc(C#Cc3ccc(C=Cc4ccc(C(F)(F)F)cc4)cc3)cc2)cc1. The van der Waals surface area contributed by atoms with Crippen molar-refractivity contribution in [3.63, 3.8) is 0 Å². The van der Waals surface area contributed by atoms with Crippen LogP contribution in [0.2, 0.25) is 0 Å². The fourth-order valence-corrected chi connectivity index (χ4v) is 3.45. The summed E-state index contributed by atoms with van der Waals surface area (Å²) in [6.07, 6.45) is -1.58. The third-order valence-electron chi connectivity index (χ3n) is 5.59. The minimum Gasteiger partial charge on any atom is -0.166 e. The van der Waals surface area contributed by atoms with Crippen molar-refractivity contribution in [2.24, 2.45) is 0 Å². The molecule has 0 unspecified atom stereocenters. The van der Waals surface area contributed by atoms with Crippen LogP contribution in [0.3, 0.4) is 0 Å². The van der Waals surface area contributed by atoms with Crippen LogP contribution in [0.15, 0.2) is 97.1 Å². The molecular formula is C32H20F6. The van der Waals surface area contributed by atoms with Crippen molar-refractivity contribution < 1.29 is 26.3 Å². The standard InChI is InChI=1S/C32H20F6/c33-31(34,35)29-19-15-27(16-20-29)13-11-25-7-3-23(4-8-25)1-2-24-5-9-26(10-6-24)12-14-28-17-21-30(22-18-28)32(36,37)38/h3-22H. The van der Waals surface area contributed by atoms with Crippen molar-refractivity contribution in [3.8, 4) is 11.8 Å². The van der Waals surface area contributed by atoms with Crippen LogP contribution in [0.4, 0.5) is 26.3 Å². The van der Waals surface area contributed by atoms with Gasteiger partial charge in [-0.2, -0.15) is 26.3 Å². The molecule has 190 valence electrons. The number of halogens is 6. The lowest BCUT2D eigenvalue weighted by molar-refractivity contribution is -0.138. The molecule has 0 aliphatic carbocycles. The lowest BCUT2D eigenvalue weighted by Crippen LogP contribution is -2.03. The fourth-order valence-electron chi connectivity index (χ4n) is 3.45. The fraction of sp³-hybridized carbons (Fsp3) is 0.0625. The Kier molecular flexibility index (Phi) is 7.87. The van der Waals surface area contributed by atoms with Gasteiger partial charge in [0.25, 0.3) is 0 Å². The van der Waals surface area contributed by atoms with Gasteiger partial charge in [0.15, 0.2) is 0 Å². The zero-order valence-corrected chi connectivity index (χ0v) is 19.8. The van der Waals surface area contributed by atoms with Gasteiger partial charge in [-0.05, 0) is 70.8 Å². The molecule has 0 spiro atoms. The first-order valence-electron chi connectivity index (χ1n) is 11.5. The maximum atomic E-state index is 12.7. The van der Waals surface area contributed by atoms with Gasteiger partial charge in [-0.1, -0.05) is 84.7 Å². The predicted molar refractivity (Wildman–Crippen MR) is 140 cm³/mol. The molecule has 0 saturated heterocycles. The van der Waals surface area contributed by atoms with Gasteiger partial charge in [-0.15, -0.1) is 0 Å². The van der Waals surface area contributed by atoms with Gasteiger partial charge in [-0.25, -0.2) is 0 Å². The van der Waals surface area contributed by atoms with Gasteiger partial charge >= 0.3 is 12.4 Å². The lowest BCUT2D eigenvalue weighted by atomic mass is 10.1. The van der Waals surface area contributed by atoms with E-state index < -0.39 is 23.5 Å². The zero-order valence-electron chi connectivity index (χ0n) is 19.8. The van der Waals surface area contributed by atoms with E-state index in [0.717, 1.165) is 46.5 Å². The van der Waals surface area contributed by atoms with Gasteiger partial charge < -0.3 is 0 Å². The second kappa shape index (κ2) is 11.3. The van der Waals surface area contributed by atoms with Crippen LogP contribution >= 0.6 is 0 Å². The highest BCUT2D eigenvalue weighted by Crippen LogP contribution is 2.30. The van der Waals surface area contributed by atoms with Gasteiger partial charge in [0.05, 0.1) is 11.1 Å². The first-order valence-corrected chi connectivity index (χ1v) is 11.5. The van der Waals surface area contributed by atoms with Crippen LogP contribution in [0.5, 0.6) is 0 Å². The summed E-state index contributed by atoms with van der Waals surface area (Å²) in [5, 5.41) is 0. The molecular weight excluding hydrogens is 498 g/mol. The molecule has 6 heteroatoms. The number of alkyl halides is 6. The predicted octanol–water partition coefficient (Wildman–Crippen LogP) is 9.46. The van der Waals surface area contributed by atoms with Crippen LogP contribution < -0.4 is 0 Å². The number of hydrogen-bond donors (Lipinski definition) is 0. The maximum absolute atomic E-state index is 12.7. The molecule has 0 N–H and O–H groups in total. The Morgan fingerprint density at radius 3 is 0.842 bits per heavy atom. The molecule has 0 atom stereocenters. The third kappa shape index (κ3) is 7.50. The van der Waals surface area contributed by atoms with Crippen molar-refractivity contribution in [1.29, 1.82) is 0 Å². The van der Waals surface area contributed by atoms with E-state index in [-0.39, 0.29) is 0 Å². The van der Waals surface area contributed by atoms with Crippen molar-refractivity contribution >= 4 is 24.3 Å². The van der Waals surface area contributed by atoms with Crippen molar-refractivity contribution in [3.05, 3.63) is 142 Å². The summed E-state index contributed by atoms with van der Waals surface area (Å²) in [5.74, 6) is 6.17. The smallest absolute Gasteiger partial charge is 0.166 e. The molecule has 4 rings (SSSR count). The van der Waals surface area contributed by atoms with E-state index in [1.54, 1.807) is 12.2 Å². The average molecular weight is 519 g/mol. The highest BCUT2D eigenvalue weighted by molar-refractivity contribution is 5.71. The summed E-state index contributed by atoms with van der Waals surface area (Å²) in [5.41, 5.74) is 3.37. The molecule has 0 radical (unpaired) electrons. The van der Waals surface area contributed by atoms with Crippen LogP contribution in [0.25, 0.3) is 24.3 Å². The molecule has 4 aromatic carbocycles. The Morgan fingerprint density at radius 1 is 0.368 bits per heavy atom. The Morgan fingerprint density at radius 2 is 0.605 bits per heavy atom. The normalized spacial score (nSPS) is 12.1. The number of hydrogen-bond acceptors (Lipinski definition) is 0. The summed E-state index contributed by atoms with van der Waals surface area (Å²) in [4.78, 5) is 0. The largest absolute Gasteiger partial charge is 0.416 e. The van der Waals surface area contributed by atoms with Crippen LogP contribution in [-0.4, -0.2) is 0 Å². The Hall–Kier alpha value is -4.50. The van der Waals surface area contributed by atoms with Crippen molar-refractivity contribution in [2.75, 3.05) is 0 Å². The van der Waals surface area contributed by atoms with Crippen LogP contribution in [0.1, 0.15) is 44.5 Å². The Balaban J connectivity index is 1.34. The highest BCUT2D eigenvalue weighted by Gasteiger charge is 2.30. The van der Waals surface area contributed by atoms with E-state index in [1.807, 2.05) is 60.7 Å². The second-order valence-electron chi connectivity index (χ2n) is 8.40. The maximum Gasteiger partial charge on any atom is 0.416 e. The quantitative estimate of drug-likeness (QED) is 0.143. The molecule has 0 amide bonds. The minimum atomic E-state index is -4.35. The van der Waals surface area contributed by atoms with E-state index in [1.165, 1.54) is 24.3 Å². The van der Waals surface area contributed by atoms with E-state index in [2.05, 4.69) is 11.8 Å². The molecule has 0 aliphatic rings. The van der Waals surface area contributed by atoms with Gasteiger partial charge in [0.1, 0.15) is 0 Å². The Labute approximate surface area is 216 Å². The van der Waals surface area contributed by atoms with Gasteiger partial charge in [0.2, 0.25) is 0 Å². The number of rotatable bonds is 4. The molecule has 38 heavy (non-hydrogen) atoms. The van der Waals surface area contributed by atoms with Crippen molar-refractivity contribution in [1.82, 2.24) is 0 Å². The summed E-state index contributed by atoms with van der Waals surface area (Å²) in [6.45, 7) is 0. The minimum absolute atomic E-state index is 0.666. The monoisotopic (exact) mass is 518 g/mol. The molecule has 0 saturated carbocycles. The average Bonchev–Trinajstić information content (AvgIpc) is 2.90. The molecule has 0 fully saturated rings. The van der Waals surface area contributed by atoms with E-state index in [4.69, 9.17) is 0 Å². The summed E-state index contributed by atoms with van der Waals surface area (Å²) in [6, 6.07) is 24.9. The van der Waals surface area contributed by atoms with Gasteiger partial charge in [0, 0.05) is 11.1 Å². The molecule has 0 aliphatic heterocycles. The number of benzene rings is 4. The van der Waals surface area contributed by atoms with Crippen LogP contribution in [0, 0.1) is 11.8 Å². The summed E-state index contributed by atoms with van der Waals surface area (Å²) in [7, 11) is 0. The van der Waals surface area contributed by atoms with Gasteiger partial charge in [-0.3, -0.25) is 0 Å². The van der Waals surface area contributed by atoms with E-state index in [0.29, 0.717) is 11.1 Å². The van der Waals surface area contributed by atoms with Crippen molar-refractivity contribution in [2.45, 2.75) is 12.4 Å². The Bertz CT molecular complexity index is 1360. The second-order valence-corrected chi connectivity index (χ2v) is 8.40. The third-order valence-corrected chi connectivity index (χ3v) is 5.59. The molecule has 0 bridgehead atoms. The molecule has 0 aromatic heterocycles. The summed E-state index contributed by atoms with van der Waals surface area (Å²) < 4.78 is 76.0. The van der Waals surface area contributed by atoms with E-state index in [9.17, 15) is 26.3 Å². The lowest BCUT2D eigenvalue weighted by Gasteiger charge is -2.05. The first kappa shape index (κ1) is 26.6. The van der Waals surface area contributed by atoms with Crippen LogP contribution in [-0.2, 0) is 12.4 Å². The summed E-state index contributed by atoms with van der Waals surface area (Å²) >= 11 is 0. The molecule has 0 heterocycles. The topological polar surface area (TPSA) is 0 Å². The molecule has 4 aromatic rings. The highest BCUT2D eigenvalue weighted by atomic mass is 19.4. The first-order chi connectivity index (χ1) is 18.1.